The molecule has 0 aromatic carbocycles. The van der Waals surface area contributed by atoms with Gasteiger partial charge in [0.1, 0.15) is 0 Å². The van der Waals surface area contributed by atoms with Crippen molar-refractivity contribution in [3.63, 3.8) is 0 Å². The average Bonchev–Trinajstić information content (AvgIpc) is 2.91. The molecule has 0 aromatic heterocycles. The van der Waals surface area contributed by atoms with E-state index in [1.54, 1.807) is 5.57 Å². The lowest BCUT2D eigenvalue weighted by atomic mass is 9.42. The van der Waals surface area contributed by atoms with Gasteiger partial charge >= 0.3 is 0 Å². The largest absolute Gasteiger partial charge is 0.396 e. The van der Waals surface area contributed by atoms with Crippen molar-refractivity contribution < 1.29 is 15.3 Å². The Hall–Kier alpha value is -0.380. The second kappa shape index (κ2) is 7.56. The molecule has 0 radical (unpaired) electrons. The van der Waals surface area contributed by atoms with Crippen molar-refractivity contribution in [1.29, 1.82) is 0 Å². The summed E-state index contributed by atoms with van der Waals surface area (Å²) in [5.41, 5.74) is 2.15. The van der Waals surface area contributed by atoms with Crippen molar-refractivity contribution in [2.75, 3.05) is 6.61 Å². The van der Waals surface area contributed by atoms with Crippen LogP contribution in [-0.2, 0) is 0 Å². The second-order valence-corrected chi connectivity index (χ2v) is 14.8. The zero-order valence-electron chi connectivity index (χ0n) is 22.2. The van der Waals surface area contributed by atoms with E-state index in [9.17, 15) is 15.3 Å². The Morgan fingerprint density at radius 3 is 2.12 bits per heavy atom. The first-order valence-corrected chi connectivity index (χ1v) is 14.0. The van der Waals surface area contributed by atoms with Gasteiger partial charge in [0.2, 0.25) is 0 Å². The Labute approximate surface area is 202 Å². The van der Waals surface area contributed by atoms with Crippen LogP contribution >= 0.6 is 0 Å². The van der Waals surface area contributed by atoms with Gasteiger partial charge in [-0.15, -0.1) is 0 Å². The Kier molecular flexibility index (Phi) is 5.57. The maximum atomic E-state index is 10.9. The summed E-state index contributed by atoms with van der Waals surface area (Å²) >= 11 is 0. The van der Waals surface area contributed by atoms with Gasteiger partial charge in [0.25, 0.3) is 0 Å². The number of rotatable bonds is 1. The highest BCUT2D eigenvalue weighted by Gasteiger charge is 2.63. The topological polar surface area (TPSA) is 60.7 Å². The third-order valence-corrected chi connectivity index (χ3v) is 13.0. The second-order valence-electron chi connectivity index (χ2n) is 14.8. The zero-order valence-corrected chi connectivity index (χ0v) is 22.2. The van der Waals surface area contributed by atoms with Crippen LogP contribution in [0.25, 0.3) is 0 Å². The van der Waals surface area contributed by atoms with E-state index in [4.69, 9.17) is 0 Å². The van der Waals surface area contributed by atoms with E-state index in [2.05, 4.69) is 47.6 Å². The number of fused-ring (bicyclic) bond motifs is 6. The molecule has 0 spiro atoms. The van der Waals surface area contributed by atoms with Crippen molar-refractivity contribution in [3.8, 4) is 0 Å². The standard InChI is InChI=1S/C30H50O3/c1-26(2)21-9-7-19-17-27(3)14-11-23-29(5,16-13-25(33)30(23,6)18-31)22(27)10-8-20(19)28(21,4)15-12-24(26)32/h7,20-25,31-33H,8-18H2,1-6H3/t20-,21-,22-,23+,24?,25?,27-,28+,29+,30+/m0/s1. The fraction of sp³-hybridized carbons (Fsp3) is 0.933. The SMILES string of the molecule is CC1(C)C(O)CC[C@]2(C)[C@H]3CC[C@H]4[C@@](C)(CC[C@@H]5[C@]4(C)CCC(O)[C@]5(C)CO)CC3=CC[C@@H]12. The molecular formula is C30H50O3. The number of aliphatic hydroxyl groups is 3. The van der Waals surface area contributed by atoms with Crippen LogP contribution in [0.3, 0.4) is 0 Å². The highest BCUT2D eigenvalue weighted by Crippen LogP contribution is 2.70. The Bertz CT molecular complexity index is 817. The van der Waals surface area contributed by atoms with Gasteiger partial charge in [0.05, 0.1) is 18.8 Å². The minimum Gasteiger partial charge on any atom is -0.396 e. The van der Waals surface area contributed by atoms with Crippen molar-refractivity contribution in [1.82, 2.24) is 0 Å². The lowest BCUT2D eigenvalue weighted by Crippen LogP contribution is -2.60. The van der Waals surface area contributed by atoms with E-state index in [-0.39, 0.29) is 35.1 Å². The summed E-state index contributed by atoms with van der Waals surface area (Å²) < 4.78 is 0. The molecule has 188 valence electrons. The van der Waals surface area contributed by atoms with E-state index in [0.29, 0.717) is 34.5 Å². The number of aliphatic hydroxyl groups excluding tert-OH is 3. The van der Waals surface area contributed by atoms with Gasteiger partial charge in [-0.3, -0.25) is 0 Å². The van der Waals surface area contributed by atoms with E-state index in [1.807, 2.05) is 0 Å². The third kappa shape index (κ3) is 3.17. The molecule has 33 heavy (non-hydrogen) atoms. The summed E-state index contributed by atoms with van der Waals surface area (Å²) in [5, 5.41) is 32.2. The summed E-state index contributed by atoms with van der Waals surface area (Å²) in [6.45, 7) is 14.5. The molecule has 0 heterocycles. The fourth-order valence-corrected chi connectivity index (χ4v) is 11.0. The molecule has 10 atom stereocenters. The first kappa shape index (κ1) is 24.3. The van der Waals surface area contributed by atoms with Crippen LogP contribution in [0.4, 0.5) is 0 Å². The maximum absolute atomic E-state index is 10.9. The minimum absolute atomic E-state index is 0.0164. The molecule has 0 aromatic rings. The lowest BCUT2D eigenvalue weighted by Gasteiger charge is -2.64. The van der Waals surface area contributed by atoms with Crippen LogP contribution in [0.5, 0.6) is 0 Å². The summed E-state index contributed by atoms with van der Waals surface area (Å²) in [7, 11) is 0. The number of hydrogen-bond donors (Lipinski definition) is 3. The van der Waals surface area contributed by atoms with Crippen LogP contribution in [0, 0.1) is 50.7 Å². The first-order valence-electron chi connectivity index (χ1n) is 14.0. The highest BCUT2D eigenvalue weighted by molar-refractivity contribution is 5.25. The molecular weight excluding hydrogens is 408 g/mol. The summed E-state index contributed by atoms with van der Waals surface area (Å²) in [5.74, 6) is 2.25. The van der Waals surface area contributed by atoms with Crippen LogP contribution < -0.4 is 0 Å². The summed E-state index contributed by atoms with van der Waals surface area (Å²) in [4.78, 5) is 0. The Morgan fingerprint density at radius 2 is 1.42 bits per heavy atom. The maximum Gasteiger partial charge on any atom is 0.0618 e. The molecule has 4 saturated carbocycles. The smallest absolute Gasteiger partial charge is 0.0618 e. The van der Waals surface area contributed by atoms with Crippen LogP contribution in [0.2, 0.25) is 0 Å². The lowest BCUT2D eigenvalue weighted by molar-refractivity contribution is -0.189. The average molecular weight is 459 g/mol. The molecule has 0 amide bonds. The zero-order chi connectivity index (χ0) is 24.0. The molecule has 2 unspecified atom stereocenters. The van der Waals surface area contributed by atoms with Crippen molar-refractivity contribution >= 4 is 0 Å². The Morgan fingerprint density at radius 1 is 0.758 bits per heavy atom. The molecule has 4 fully saturated rings. The molecule has 0 aliphatic heterocycles. The first-order chi connectivity index (χ1) is 15.3. The van der Waals surface area contributed by atoms with Gasteiger partial charge in [-0.2, -0.15) is 0 Å². The molecule has 3 heteroatoms. The van der Waals surface area contributed by atoms with Gasteiger partial charge in [-0.25, -0.2) is 0 Å². The van der Waals surface area contributed by atoms with Gasteiger partial charge in [-0.1, -0.05) is 53.2 Å². The predicted molar refractivity (Wildman–Crippen MR) is 134 cm³/mol. The molecule has 3 N–H and O–H groups in total. The normalized spacial score (nSPS) is 55.8. The van der Waals surface area contributed by atoms with E-state index >= 15 is 0 Å². The predicted octanol–water partition coefficient (Wildman–Crippen LogP) is 6.11. The molecule has 0 saturated heterocycles. The molecule has 3 nitrogen and oxygen atoms in total. The van der Waals surface area contributed by atoms with Crippen molar-refractivity contribution in [2.24, 2.45) is 50.7 Å². The monoisotopic (exact) mass is 458 g/mol. The third-order valence-electron chi connectivity index (χ3n) is 13.0. The highest BCUT2D eigenvalue weighted by atomic mass is 16.3. The minimum atomic E-state index is -0.378. The fourth-order valence-electron chi connectivity index (χ4n) is 11.0. The molecule has 5 aliphatic carbocycles. The molecule has 5 aliphatic rings. The summed E-state index contributed by atoms with van der Waals surface area (Å²) in [6, 6.07) is 0. The van der Waals surface area contributed by atoms with Gasteiger partial charge < -0.3 is 15.3 Å². The number of allylic oxidation sites excluding steroid dienone is 2. The van der Waals surface area contributed by atoms with Crippen molar-refractivity contribution in [3.05, 3.63) is 11.6 Å². The quantitative estimate of drug-likeness (QED) is 0.415. The van der Waals surface area contributed by atoms with Crippen LogP contribution in [0.15, 0.2) is 11.6 Å². The molecule has 0 bridgehead atoms. The number of hydrogen-bond acceptors (Lipinski definition) is 3. The van der Waals surface area contributed by atoms with Gasteiger partial charge in [0, 0.05) is 5.41 Å². The van der Waals surface area contributed by atoms with E-state index in [1.165, 1.54) is 25.7 Å². The molecule has 5 rings (SSSR count). The summed E-state index contributed by atoms with van der Waals surface area (Å²) in [6.07, 6.45) is 13.3. The van der Waals surface area contributed by atoms with Crippen LogP contribution in [0.1, 0.15) is 106 Å². The van der Waals surface area contributed by atoms with Crippen LogP contribution in [-0.4, -0.2) is 34.1 Å². The van der Waals surface area contributed by atoms with Gasteiger partial charge in [-0.05, 0) is 110 Å². The van der Waals surface area contributed by atoms with Gasteiger partial charge in [0.15, 0.2) is 0 Å². The Balaban J connectivity index is 1.50. The van der Waals surface area contributed by atoms with E-state index in [0.717, 1.165) is 38.5 Å². The van der Waals surface area contributed by atoms with Crippen molar-refractivity contribution in [2.45, 2.75) is 118 Å². The van der Waals surface area contributed by atoms with E-state index < -0.39 is 0 Å².